The van der Waals surface area contributed by atoms with Crippen LogP contribution in [0.5, 0.6) is 0 Å². The summed E-state index contributed by atoms with van der Waals surface area (Å²) in [6.07, 6.45) is 3.23. The molecule has 0 atom stereocenters. The molecular weight excluding hydrogens is 252 g/mol. The summed E-state index contributed by atoms with van der Waals surface area (Å²) in [5.41, 5.74) is 12.4. The molecule has 0 aliphatic rings. The number of aromatic nitrogens is 3. The van der Waals surface area contributed by atoms with Crippen molar-refractivity contribution >= 4 is 17.6 Å². The Hall–Kier alpha value is -2.08. The van der Waals surface area contributed by atoms with E-state index in [0.29, 0.717) is 17.4 Å². The molecule has 6 nitrogen and oxygen atoms in total. The van der Waals surface area contributed by atoms with Crippen molar-refractivity contribution in [2.75, 3.05) is 0 Å². The van der Waals surface area contributed by atoms with Crippen molar-refractivity contribution in [3.8, 4) is 5.82 Å². The highest BCUT2D eigenvalue weighted by atomic mass is 35.5. The molecule has 2 heterocycles. The molecule has 0 radical (unpaired) electrons. The molecule has 0 saturated heterocycles. The minimum absolute atomic E-state index is 0.0417. The van der Waals surface area contributed by atoms with Gasteiger partial charge in [0.25, 0.3) is 0 Å². The van der Waals surface area contributed by atoms with Crippen molar-refractivity contribution < 1.29 is 0 Å². The maximum absolute atomic E-state index is 5.85. The first kappa shape index (κ1) is 12.4. The molecule has 7 heteroatoms. The first-order valence-corrected chi connectivity index (χ1v) is 5.66. The number of hydrogen-bond donors (Lipinski definition) is 2. The SMILES string of the molecule is Cc1ccc(CN=C(N)N)c(-n2cc(Cl)cn2)n1. The van der Waals surface area contributed by atoms with Crippen LogP contribution in [0, 0.1) is 6.92 Å². The van der Waals surface area contributed by atoms with Crippen molar-refractivity contribution in [2.24, 2.45) is 16.5 Å². The number of halogens is 1. The molecule has 0 unspecified atom stereocenters. The number of guanidine groups is 1. The van der Waals surface area contributed by atoms with Crippen molar-refractivity contribution in [3.63, 3.8) is 0 Å². The van der Waals surface area contributed by atoms with Crippen molar-refractivity contribution in [2.45, 2.75) is 13.5 Å². The lowest BCUT2D eigenvalue weighted by atomic mass is 10.2. The second kappa shape index (κ2) is 5.05. The number of rotatable bonds is 3. The predicted molar refractivity (Wildman–Crippen MR) is 70.6 cm³/mol. The van der Waals surface area contributed by atoms with Crippen LogP contribution in [0.4, 0.5) is 0 Å². The largest absolute Gasteiger partial charge is 0.370 e. The predicted octanol–water partition coefficient (Wildman–Crippen LogP) is 1.00. The van der Waals surface area contributed by atoms with Gasteiger partial charge in [-0.1, -0.05) is 17.7 Å². The van der Waals surface area contributed by atoms with Gasteiger partial charge in [-0.05, 0) is 13.0 Å². The van der Waals surface area contributed by atoms with Gasteiger partial charge in [-0.25, -0.2) is 14.7 Å². The minimum Gasteiger partial charge on any atom is -0.370 e. The summed E-state index contributed by atoms with van der Waals surface area (Å²) < 4.78 is 1.60. The second-order valence-corrected chi connectivity index (χ2v) is 4.22. The molecule has 0 aliphatic heterocycles. The second-order valence-electron chi connectivity index (χ2n) is 3.78. The molecule has 0 aromatic carbocycles. The van der Waals surface area contributed by atoms with Crippen LogP contribution in [0.15, 0.2) is 29.5 Å². The van der Waals surface area contributed by atoms with Gasteiger partial charge in [0.05, 0.1) is 24.0 Å². The molecule has 18 heavy (non-hydrogen) atoms. The van der Waals surface area contributed by atoms with Crippen LogP contribution in [-0.2, 0) is 6.54 Å². The first-order chi connectivity index (χ1) is 8.56. The summed E-state index contributed by atoms with van der Waals surface area (Å²) in [7, 11) is 0. The average Bonchev–Trinajstić information content (AvgIpc) is 2.74. The molecule has 0 saturated carbocycles. The molecule has 2 aromatic rings. The number of nitrogens with two attached hydrogens (primary N) is 2. The van der Waals surface area contributed by atoms with Gasteiger partial charge in [-0.15, -0.1) is 0 Å². The van der Waals surface area contributed by atoms with Crippen LogP contribution >= 0.6 is 11.6 Å². The molecule has 0 spiro atoms. The highest BCUT2D eigenvalue weighted by Gasteiger charge is 2.08. The van der Waals surface area contributed by atoms with E-state index in [2.05, 4.69) is 15.1 Å². The number of hydrogen-bond acceptors (Lipinski definition) is 3. The Bertz CT molecular complexity index is 585. The Labute approximate surface area is 109 Å². The van der Waals surface area contributed by atoms with E-state index in [4.69, 9.17) is 23.1 Å². The van der Waals surface area contributed by atoms with Crippen LogP contribution in [0.1, 0.15) is 11.3 Å². The van der Waals surface area contributed by atoms with Crippen molar-refractivity contribution in [3.05, 3.63) is 40.8 Å². The number of aliphatic imine (C=N–C) groups is 1. The lowest BCUT2D eigenvalue weighted by Crippen LogP contribution is -2.22. The zero-order chi connectivity index (χ0) is 13.1. The quantitative estimate of drug-likeness (QED) is 0.639. The van der Waals surface area contributed by atoms with Gasteiger partial charge in [0.15, 0.2) is 11.8 Å². The highest BCUT2D eigenvalue weighted by molar-refractivity contribution is 6.30. The van der Waals surface area contributed by atoms with E-state index in [1.165, 1.54) is 0 Å². The molecule has 0 amide bonds. The maximum atomic E-state index is 5.85. The summed E-state index contributed by atoms with van der Waals surface area (Å²) in [6, 6.07) is 3.81. The fraction of sp³-hybridized carbons (Fsp3) is 0.182. The maximum Gasteiger partial charge on any atom is 0.186 e. The molecular formula is C11H13ClN6. The normalized spacial score (nSPS) is 10.3. The molecule has 4 N–H and O–H groups in total. The number of pyridine rings is 1. The van der Waals surface area contributed by atoms with Crippen LogP contribution in [-0.4, -0.2) is 20.7 Å². The van der Waals surface area contributed by atoms with Crippen LogP contribution in [0.2, 0.25) is 5.02 Å². The van der Waals surface area contributed by atoms with Gasteiger partial charge in [-0.2, -0.15) is 5.10 Å². The number of nitrogens with zero attached hydrogens (tertiary/aromatic N) is 4. The van der Waals surface area contributed by atoms with Gasteiger partial charge in [0.2, 0.25) is 0 Å². The molecule has 0 aliphatic carbocycles. The van der Waals surface area contributed by atoms with Gasteiger partial charge in [0.1, 0.15) is 0 Å². The Kier molecular flexibility index (Phi) is 3.47. The van der Waals surface area contributed by atoms with Crippen molar-refractivity contribution in [1.82, 2.24) is 14.8 Å². The monoisotopic (exact) mass is 264 g/mol. The summed E-state index contributed by atoms with van der Waals surface area (Å²) in [5, 5.41) is 4.67. The fourth-order valence-corrected chi connectivity index (χ4v) is 1.62. The average molecular weight is 265 g/mol. The first-order valence-electron chi connectivity index (χ1n) is 5.28. The third kappa shape index (κ3) is 2.78. The van der Waals surface area contributed by atoms with E-state index in [1.54, 1.807) is 17.1 Å². The molecule has 0 bridgehead atoms. The van der Waals surface area contributed by atoms with Gasteiger partial charge in [-0.3, -0.25) is 0 Å². The topological polar surface area (TPSA) is 95.1 Å². The summed E-state index contributed by atoms with van der Waals surface area (Å²) >= 11 is 5.85. The molecule has 0 fully saturated rings. The van der Waals surface area contributed by atoms with Crippen LogP contribution in [0.3, 0.4) is 0 Å². The van der Waals surface area contributed by atoms with E-state index in [1.807, 2.05) is 19.1 Å². The lowest BCUT2D eigenvalue weighted by Gasteiger charge is -2.07. The third-order valence-electron chi connectivity index (χ3n) is 2.30. The zero-order valence-electron chi connectivity index (χ0n) is 9.84. The van der Waals surface area contributed by atoms with E-state index in [9.17, 15) is 0 Å². The van der Waals surface area contributed by atoms with E-state index in [0.717, 1.165) is 11.3 Å². The Morgan fingerprint density at radius 3 is 2.83 bits per heavy atom. The van der Waals surface area contributed by atoms with Crippen LogP contribution < -0.4 is 11.5 Å². The summed E-state index contributed by atoms with van der Waals surface area (Å²) in [4.78, 5) is 8.40. The molecule has 2 rings (SSSR count). The minimum atomic E-state index is 0.0417. The smallest absolute Gasteiger partial charge is 0.186 e. The van der Waals surface area contributed by atoms with E-state index >= 15 is 0 Å². The molecule has 94 valence electrons. The van der Waals surface area contributed by atoms with E-state index in [-0.39, 0.29) is 5.96 Å². The fourth-order valence-electron chi connectivity index (χ4n) is 1.49. The van der Waals surface area contributed by atoms with Gasteiger partial charge < -0.3 is 11.5 Å². The Balaban J connectivity index is 2.44. The highest BCUT2D eigenvalue weighted by Crippen LogP contribution is 2.16. The van der Waals surface area contributed by atoms with Gasteiger partial charge in [0, 0.05) is 11.3 Å². The third-order valence-corrected chi connectivity index (χ3v) is 2.49. The summed E-state index contributed by atoms with van der Waals surface area (Å²) in [5.74, 6) is 0.715. The zero-order valence-corrected chi connectivity index (χ0v) is 10.6. The Morgan fingerprint density at radius 1 is 1.44 bits per heavy atom. The lowest BCUT2D eigenvalue weighted by molar-refractivity contribution is 0.817. The number of aryl methyl sites for hydroxylation is 1. The standard InChI is InChI=1S/C11H13ClN6/c1-7-2-3-8(4-15-11(13)14)10(17-7)18-6-9(12)5-16-18/h2-3,5-6H,4H2,1H3,(H4,13,14,15). The Morgan fingerprint density at radius 2 is 2.22 bits per heavy atom. The van der Waals surface area contributed by atoms with Gasteiger partial charge >= 0.3 is 0 Å². The molecule has 2 aromatic heterocycles. The summed E-state index contributed by atoms with van der Waals surface area (Å²) in [6.45, 7) is 2.25. The van der Waals surface area contributed by atoms with Crippen molar-refractivity contribution in [1.29, 1.82) is 0 Å². The van der Waals surface area contributed by atoms with Crippen LogP contribution in [0.25, 0.3) is 5.82 Å². The van der Waals surface area contributed by atoms with E-state index < -0.39 is 0 Å².